The van der Waals surface area contributed by atoms with Crippen LogP contribution in [0.25, 0.3) is 0 Å². The topological polar surface area (TPSA) is 59.9 Å². The zero-order valence-corrected chi connectivity index (χ0v) is 15.0. The number of aryl methyl sites for hydroxylation is 2. The summed E-state index contributed by atoms with van der Waals surface area (Å²) in [6.07, 6.45) is 2.27. The van der Waals surface area contributed by atoms with Crippen molar-refractivity contribution >= 4 is 11.6 Å². The summed E-state index contributed by atoms with van der Waals surface area (Å²) >= 11 is 0. The molecule has 0 aromatic heterocycles. The molecule has 26 heavy (non-hydrogen) atoms. The van der Waals surface area contributed by atoms with E-state index in [0.29, 0.717) is 11.5 Å². The van der Waals surface area contributed by atoms with Crippen LogP contribution in [0.5, 0.6) is 11.5 Å². The molecule has 0 spiro atoms. The van der Waals surface area contributed by atoms with Crippen LogP contribution in [0, 0.1) is 13.8 Å². The van der Waals surface area contributed by atoms with Crippen molar-refractivity contribution in [3.05, 3.63) is 58.7 Å². The monoisotopic (exact) mass is 350 g/mol. The van der Waals surface area contributed by atoms with Gasteiger partial charge in [-0.2, -0.15) is 5.10 Å². The summed E-state index contributed by atoms with van der Waals surface area (Å²) in [5, 5.41) is 4.42. The Morgan fingerprint density at radius 1 is 1.15 bits per heavy atom. The van der Waals surface area contributed by atoms with Gasteiger partial charge in [0.1, 0.15) is 6.61 Å². The van der Waals surface area contributed by atoms with Crippen molar-refractivity contribution in [2.24, 2.45) is 5.10 Å². The molecule has 134 valence electrons. The Kier molecular flexibility index (Phi) is 4.37. The van der Waals surface area contributed by atoms with E-state index in [2.05, 4.69) is 36.5 Å². The van der Waals surface area contributed by atoms with Gasteiger partial charge in [-0.3, -0.25) is 4.79 Å². The summed E-state index contributed by atoms with van der Waals surface area (Å²) in [4.78, 5) is 12.5. The van der Waals surface area contributed by atoms with Gasteiger partial charge in [0.25, 0.3) is 5.91 Å². The summed E-state index contributed by atoms with van der Waals surface area (Å²) < 4.78 is 11.3. The molecule has 0 unspecified atom stereocenters. The van der Waals surface area contributed by atoms with E-state index in [0.717, 1.165) is 30.5 Å². The van der Waals surface area contributed by atoms with Crippen LogP contribution >= 0.6 is 0 Å². The van der Waals surface area contributed by atoms with Crippen LogP contribution in [0.1, 0.15) is 35.1 Å². The summed E-state index contributed by atoms with van der Waals surface area (Å²) in [7, 11) is 0. The quantitative estimate of drug-likeness (QED) is 0.846. The van der Waals surface area contributed by atoms with Crippen molar-refractivity contribution in [3.8, 4) is 11.5 Å². The van der Waals surface area contributed by atoms with Crippen molar-refractivity contribution in [1.82, 2.24) is 5.43 Å². The largest absolute Gasteiger partial charge is 0.485 e. The van der Waals surface area contributed by atoms with Gasteiger partial charge in [-0.05, 0) is 62.4 Å². The number of hydrazone groups is 1. The fourth-order valence-electron chi connectivity index (χ4n) is 3.61. The van der Waals surface area contributed by atoms with E-state index in [-0.39, 0.29) is 12.5 Å². The molecule has 0 saturated heterocycles. The molecule has 5 nitrogen and oxygen atoms in total. The van der Waals surface area contributed by atoms with Crippen LogP contribution in [-0.2, 0) is 11.2 Å². The highest BCUT2D eigenvalue weighted by molar-refractivity contribution is 6.03. The molecule has 1 heterocycles. The van der Waals surface area contributed by atoms with Gasteiger partial charge in [0.15, 0.2) is 11.5 Å². The average molecular weight is 350 g/mol. The first kappa shape index (κ1) is 16.6. The minimum absolute atomic E-state index is 0.183. The molecule has 0 radical (unpaired) electrons. The molecular formula is C21H22N2O3. The van der Waals surface area contributed by atoms with E-state index in [4.69, 9.17) is 9.47 Å². The Bertz CT molecular complexity index is 889. The van der Waals surface area contributed by atoms with E-state index in [1.165, 1.54) is 16.7 Å². The fraction of sp³-hybridized carbons (Fsp3) is 0.333. The summed E-state index contributed by atoms with van der Waals surface area (Å²) in [5.41, 5.74) is 8.60. The second kappa shape index (κ2) is 6.83. The summed E-state index contributed by atoms with van der Waals surface area (Å²) in [6, 6.07) is 11.7. The van der Waals surface area contributed by atoms with Gasteiger partial charge in [0.05, 0.1) is 5.71 Å². The number of hydrogen-bond donors (Lipinski definition) is 1. The fourth-order valence-corrected chi connectivity index (χ4v) is 3.61. The lowest BCUT2D eigenvalue weighted by Gasteiger charge is -2.25. The molecular weight excluding hydrogens is 328 g/mol. The molecule has 0 bridgehead atoms. The maximum atomic E-state index is 12.5. The first-order valence-corrected chi connectivity index (χ1v) is 8.97. The second-order valence-corrected chi connectivity index (χ2v) is 6.86. The van der Waals surface area contributed by atoms with Crippen molar-refractivity contribution < 1.29 is 14.3 Å². The maximum Gasteiger partial charge on any atom is 0.284 e. The molecule has 5 heteroatoms. The van der Waals surface area contributed by atoms with Crippen molar-refractivity contribution in [2.75, 3.05) is 6.61 Å². The van der Waals surface area contributed by atoms with Gasteiger partial charge in [-0.15, -0.1) is 0 Å². The number of carbonyl (C=O) groups excluding carboxylic acids is 1. The van der Waals surface area contributed by atoms with Gasteiger partial charge in [0, 0.05) is 5.56 Å². The highest BCUT2D eigenvalue weighted by Crippen LogP contribution is 2.31. The maximum absolute atomic E-state index is 12.5. The highest BCUT2D eigenvalue weighted by atomic mass is 16.6. The van der Waals surface area contributed by atoms with Gasteiger partial charge in [-0.1, -0.05) is 23.8 Å². The Morgan fingerprint density at radius 3 is 2.81 bits per heavy atom. The van der Waals surface area contributed by atoms with E-state index in [9.17, 15) is 4.79 Å². The normalized spacial score (nSPS) is 19.8. The number of benzene rings is 2. The van der Waals surface area contributed by atoms with Crippen molar-refractivity contribution in [1.29, 1.82) is 0 Å². The minimum atomic E-state index is -0.698. The lowest BCUT2D eigenvalue weighted by atomic mass is 9.86. The molecule has 2 aromatic rings. The van der Waals surface area contributed by atoms with Gasteiger partial charge < -0.3 is 9.47 Å². The number of nitrogens with one attached hydrogen (secondary N) is 1. The van der Waals surface area contributed by atoms with E-state index < -0.39 is 6.10 Å². The number of nitrogens with zero attached hydrogens (tertiary/aromatic N) is 1. The Labute approximate surface area is 153 Å². The van der Waals surface area contributed by atoms with E-state index >= 15 is 0 Å². The molecule has 1 amide bonds. The zero-order valence-electron chi connectivity index (χ0n) is 15.0. The highest BCUT2D eigenvalue weighted by Gasteiger charge is 2.27. The number of carbonyl (C=O) groups is 1. The smallest absolute Gasteiger partial charge is 0.284 e. The summed E-state index contributed by atoms with van der Waals surface area (Å²) in [6.45, 7) is 4.41. The zero-order chi connectivity index (χ0) is 18.1. The third kappa shape index (κ3) is 3.17. The van der Waals surface area contributed by atoms with Crippen molar-refractivity contribution in [3.63, 3.8) is 0 Å². The first-order chi connectivity index (χ1) is 12.6. The number of ether oxygens (including phenoxy) is 2. The van der Waals surface area contributed by atoms with Crippen LogP contribution in [0.4, 0.5) is 0 Å². The van der Waals surface area contributed by atoms with Crippen LogP contribution in [-0.4, -0.2) is 24.3 Å². The Balaban J connectivity index is 1.50. The molecule has 0 saturated carbocycles. The predicted octanol–water partition coefficient (Wildman–Crippen LogP) is 3.30. The molecule has 4 rings (SSSR count). The first-order valence-electron chi connectivity index (χ1n) is 8.97. The Hall–Kier alpha value is -2.82. The van der Waals surface area contributed by atoms with E-state index in [1.807, 2.05) is 18.2 Å². The van der Waals surface area contributed by atoms with Crippen molar-refractivity contribution in [2.45, 2.75) is 39.2 Å². The third-order valence-electron chi connectivity index (χ3n) is 4.87. The van der Waals surface area contributed by atoms with E-state index in [1.54, 1.807) is 6.07 Å². The molecule has 1 aliphatic heterocycles. The third-order valence-corrected chi connectivity index (χ3v) is 4.87. The standard InChI is InChI=1S/C21H22N2O3/c1-13-10-14(2)15-6-5-7-17(16(15)11-13)22-23-21(24)20-12-25-18-8-3-4-9-19(18)26-20/h3-4,8-11,20H,5-7,12H2,1-2H3,(H,23,24)/b22-17-/t20-/m1/s1. The van der Waals surface area contributed by atoms with Crippen LogP contribution in [0.2, 0.25) is 0 Å². The second-order valence-electron chi connectivity index (χ2n) is 6.86. The molecule has 2 aliphatic rings. The number of rotatable bonds is 2. The summed E-state index contributed by atoms with van der Waals surface area (Å²) in [5.74, 6) is 0.958. The number of amides is 1. The van der Waals surface area contributed by atoms with Crippen LogP contribution in [0.15, 0.2) is 41.5 Å². The lowest BCUT2D eigenvalue weighted by Crippen LogP contribution is -2.42. The van der Waals surface area contributed by atoms with Gasteiger partial charge in [0.2, 0.25) is 6.10 Å². The minimum Gasteiger partial charge on any atom is -0.485 e. The molecule has 1 N–H and O–H groups in total. The van der Waals surface area contributed by atoms with Crippen LogP contribution < -0.4 is 14.9 Å². The lowest BCUT2D eigenvalue weighted by molar-refractivity contribution is -0.130. The average Bonchev–Trinajstić information content (AvgIpc) is 2.65. The SMILES string of the molecule is Cc1cc(C)c2c(c1)/C(=N\NC(=O)[C@H]1COc3ccccc3O1)CCC2. The molecule has 2 aromatic carbocycles. The van der Waals surface area contributed by atoms with Gasteiger partial charge >= 0.3 is 0 Å². The number of hydrogen-bond acceptors (Lipinski definition) is 4. The number of para-hydroxylation sites is 2. The van der Waals surface area contributed by atoms with Crippen LogP contribution in [0.3, 0.4) is 0 Å². The van der Waals surface area contributed by atoms with Gasteiger partial charge in [-0.25, -0.2) is 5.43 Å². The molecule has 1 atom stereocenters. The molecule has 0 fully saturated rings. The molecule has 1 aliphatic carbocycles. The predicted molar refractivity (Wildman–Crippen MR) is 99.9 cm³/mol. The number of fused-ring (bicyclic) bond motifs is 2. The Morgan fingerprint density at radius 2 is 1.96 bits per heavy atom.